The highest BCUT2D eigenvalue weighted by atomic mass is 35.5. The lowest BCUT2D eigenvalue weighted by molar-refractivity contribution is 0.485. The Morgan fingerprint density at radius 3 is 2.14 bits per heavy atom. The zero-order valence-electron chi connectivity index (χ0n) is 6.87. The Labute approximate surface area is 91.6 Å². The van der Waals surface area contributed by atoms with Crippen LogP contribution in [0.5, 0.6) is 0 Å². The SMILES string of the molecule is O=S(=O)(O)CNc1cc(Cl)cc(Cl)c1. The third-order valence-electron chi connectivity index (χ3n) is 1.32. The predicted molar refractivity (Wildman–Crippen MR) is 56.5 cm³/mol. The molecule has 0 bridgehead atoms. The average molecular weight is 256 g/mol. The number of halogens is 2. The van der Waals surface area contributed by atoms with E-state index in [1.54, 1.807) is 0 Å². The Balaban J connectivity index is 2.78. The van der Waals surface area contributed by atoms with Crippen LogP contribution < -0.4 is 5.32 Å². The molecule has 0 saturated heterocycles. The molecule has 7 heteroatoms. The average Bonchev–Trinajstić information content (AvgIpc) is 1.97. The van der Waals surface area contributed by atoms with Crippen molar-refractivity contribution in [2.75, 3.05) is 11.2 Å². The van der Waals surface area contributed by atoms with Gasteiger partial charge in [0.05, 0.1) is 0 Å². The summed E-state index contributed by atoms with van der Waals surface area (Å²) in [5, 5.41) is 3.23. The van der Waals surface area contributed by atoms with Gasteiger partial charge in [0.1, 0.15) is 5.88 Å². The minimum atomic E-state index is -4.05. The molecule has 0 heterocycles. The van der Waals surface area contributed by atoms with Gasteiger partial charge in [-0.2, -0.15) is 8.42 Å². The van der Waals surface area contributed by atoms with Crippen molar-refractivity contribution in [1.82, 2.24) is 0 Å². The molecule has 2 N–H and O–H groups in total. The summed E-state index contributed by atoms with van der Waals surface area (Å²) in [4.78, 5) is 0. The van der Waals surface area contributed by atoms with Crippen LogP contribution in [0.4, 0.5) is 5.69 Å². The zero-order chi connectivity index (χ0) is 10.8. The summed E-state index contributed by atoms with van der Waals surface area (Å²) in [6.45, 7) is 0. The number of hydrogen-bond donors (Lipinski definition) is 2. The third-order valence-corrected chi connectivity index (χ3v) is 2.27. The summed E-state index contributed by atoms with van der Waals surface area (Å²) in [5.41, 5.74) is 0.431. The number of hydrogen-bond acceptors (Lipinski definition) is 3. The Hall–Kier alpha value is -0.490. The van der Waals surface area contributed by atoms with Crippen molar-refractivity contribution >= 4 is 39.0 Å². The van der Waals surface area contributed by atoms with E-state index in [2.05, 4.69) is 5.32 Å². The second-order valence-corrected chi connectivity index (χ2v) is 4.89. The van der Waals surface area contributed by atoms with Crippen LogP contribution in [0.15, 0.2) is 18.2 Å². The smallest absolute Gasteiger partial charge is 0.283 e. The molecule has 0 aliphatic carbocycles. The highest BCUT2D eigenvalue weighted by Gasteiger charge is 2.04. The summed E-state index contributed by atoms with van der Waals surface area (Å²) >= 11 is 11.3. The van der Waals surface area contributed by atoms with Gasteiger partial charge in [0.2, 0.25) is 0 Å². The quantitative estimate of drug-likeness (QED) is 0.814. The van der Waals surface area contributed by atoms with Gasteiger partial charge in [-0.1, -0.05) is 23.2 Å². The summed E-state index contributed by atoms with van der Waals surface area (Å²) in [7, 11) is -4.05. The maximum Gasteiger partial charge on any atom is 0.283 e. The van der Waals surface area contributed by atoms with E-state index in [0.29, 0.717) is 15.7 Å². The lowest BCUT2D eigenvalue weighted by atomic mass is 10.3. The van der Waals surface area contributed by atoms with E-state index in [9.17, 15) is 8.42 Å². The molecule has 0 saturated carbocycles. The monoisotopic (exact) mass is 255 g/mol. The Kier molecular flexibility index (Phi) is 3.60. The van der Waals surface area contributed by atoms with Crippen molar-refractivity contribution < 1.29 is 13.0 Å². The molecule has 0 aliphatic rings. The number of benzene rings is 1. The first-order valence-corrected chi connectivity index (χ1v) is 5.88. The number of anilines is 1. The molecule has 1 aromatic rings. The van der Waals surface area contributed by atoms with Crippen LogP contribution >= 0.6 is 23.2 Å². The Bertz CT molecular complexity index is 412. The van der Waals surface area contributed by atoms with Gasteiger partial charge in [-0.25, -0.2) is 0 Å². The second-order valence-electron chi connectivity index (χ2n) is 2.56. The molecule has 0 aliphatic heterocycles. The van der Waals surface area contributed by atoms with Crippen molar-refractivity contribution in [3.8, 4) is 0 Å². The zero-order valence-corrected chi connectivity index (χ0v) is 9.20. The fourth-order valence-electron chi connectivity index (χ4n) is 0.830. The fraction of sp³-hybridized carbons (Fsp3) is 0.143. The molecular formula is C7H7Cl2NO3S. The van der Waals surface area contributed by atoms with Crippen molar-refractivity contribution in [3.05, 3.63) is 28.2 Å². The molecule has 0 fully saturated rings. The van der Waals surface area contributed by atoms with Crippen LogP contribution in [0.25, 0.3) is 0 Å². The molecule has 0 amide bonds. The van der Waals surface area contributed by atoms with Crippen molar-refractivity contribution in [1.29, 1.82) is 0 Å². The van der Waals surface area contributed by atoms with E-state index in [1.807, 2.05) is 0 Å². The highest BCUT2D eigenvalue weighted by molar-refractivity contribution is 7.85. The topological polar surface area (TPSA) is 66.4 Å². The third kappa shape index (κ3) is 4.15. The standard InChI is InChI=1S/C7H7Cl2NO3S/c8-5-1-6(9)3-7(2-5)10-4-14(11,12)13/h1-3,10H,4H2,(H,11,12,13). The largest absolute Gasteiger partial charge is 0.370 e. The minimum absolute atomic E-state index is 0.385. The van der Waals surface area contributed by atoms with E-state index >= 15 is 0 Å². The summed E-state index contributed by atoms with van der Waals surface area (Å²) in [6.07, 6.45) is 0. The molecular weight excluding hydrogens is 249 g/mol. The Morgan fingerprint density at radius 2 is 1.71 bits per heavy atom. The van der Waals surface area contributed by atoms with Gasteiger partial charge in [0, 0.05) is 15.7 Å². The molecule has 0 unspecified atom stereocenters. The van der Waals surface area contributed by atoms with Crippen LogP contribution in [0.2, 0.25) is 10.0 Å². The van der Waals surface area contributed by atoms with Gasteiger partial charge in [-0.3, -0.25) is 4.55 Å². The first-order chi connectivity index (χ1) is 6.37. The fourth-order valence-corrected chi connectivity index (χ4v) is 1.71. The van der Waals surface area contributed by atoms with Crippen LogP contribution in [-0.2, 0) is 10.1 Å². The molecule has 4 nitrogen and oxygen atoms in total. The van der Waals surface area contributed by atoms with Crippen LogP contribution in [0.1, 0.15) is 0 Å². The van der Waals surface area contributed by atoms with Crippen molar-refractivity contribution in [2.45, 2.75) is 0 Å². The maximum absolute atomic E-state index is 10.4. The molecule has 0 atom stereocenters. The molecule has 0 aromatic heterocycles. The molecule has 0 spiro atoms. The molecule has 0 radical (unpaired) electrons. The van der Waals surface area contributed by atoms with Gasteiger partial charge in [0.15, 0.2) is 0 Å². The first kappa shape index (κ1) is 11.6. The maximum atomic E-state index is 10.4. The van der Waals surface area contributed by atoms with Crippen LogP contribution in [0, 0.1) is 0 Å². The second kappa shape index (κ2) is 4.35. The first-order valence-electron chi connectivity index (χ1n) is 3.52. The summed E-state index contributed by atoms with van der Waals surface area (Å²) < 4.78 is 29.3. The van der Waals surface area contributed by atoms with E-state index in [4.69, 9.17) is 27.8 Å². The molecule has 78 valence electrons. The Morgan fingerprint density at radius 1 is 1.21 bits per heavy atom. The normalized spacial score (nSPS) is 11.4. The lowest BCUT2D eigenvalue weighted by Gasteiger charge is -2.04. The lowest BCUT2D eigenvalue weighted by Crippen LogP contribution is -2.12. The molecule has 14 heavy (non-hydrogen) atoms. The molecule has 1 rings (SSSR count). The van der Waals surface area contributed by atoms with Gasteiger partial charge in [0.25, 0.3) is 10.1 Å². The van der Waals surface area contributed by atoms with E-state index in [-0.39, 0.29) is 0 Å². The minimum Gasteiger partial charge on any atom is -0.370 e. The van der Waals surface area contributed by atoms with E-state index in [0.717, 1.165) is 0 Å². The van der Waals surface area contributed by atoms with Gasteiger partial charge >= 0.3 is 0 Å². The van der Waals surface area contributed by atoms with Gasteiger partial charge in [-0.05, 0) is 18.2 Å². The summed E-state index contributed by atoms with van der Waals surface area (Å²) in [5.74, 6) is -0.580. The predicted octanol–water partition coefficient (Wildman–Crippen LogP) is 2.25. The number of rotatable bonds is 3. The highest BCUT2D eigenvalue weighted by Crippen LogP contribution is 2.22. The van der Waals surface area contributed by atoms with E-state index < -0.39 is 16.0 Å². The molecule has 1 aromatic carbocycles. The van der Waals surface area contributed by atoms with Crippen LogP contribution in [0.3, 0.4) is 0 Å². The van der Waals surface area contributed by atoms with E-state index in [1.165, 1.54) is 18.2 Å². The van der Waals surface area contributed by atoms with Crippen molar-refractivity contribution in [2.24, 2.45) is 0 Å². The number of nitrogens with one attached hydrogen (secondary N) is 1. The van der Waals surface area contributed by atoms with Gasteiger partial charge < -0.3 is 5.32 Å². The van der Waals surface area contributed by atoms with Crippen molar-refractivity contribution in [3.63, 3.8) is 0 Å². The van der Waals surface area contributed by atoms with Gasteiger partial charge in [-0.15, -0.1) is 0 Å². The van der Waals surface area contributed by atoms with Crippen LogP contribution in [-0.4, -0.2) is 18.8 Å². The summed E-state index contributed by atoms with van der Waals surface area (Å²) in [6, 6.07) is 4.51.